The summed E-state index contributed by atoms with van der Waals surface area (Å²) < 4.78 is 5.07. The van der Waals surface area contributed by atoms with E-state index in [0.29, 0.717) is 29.3 Å². The van der Waals surface area contributed by atoms with Crippen molar-refractivity contribution in [3.63, 3.8) is 0 Å². The van der Waals surface area contributed by atoms with Crippen LogP contribution in [0.25, 0.3) is 0 Å². The number of nitrogens with one attached hydrogen (secondary N) is 1. The summed E-state index contributed by atoms with van der Waals surface area (Å²) in [6.45, 7) is 0. The number of carbonyl (C=O) groups excluding carboxylic acids is 1. The Morgan fingerprint density at radius 1 is 1.38 bits per heavy atom. The lowest BCUT2D eigenvalue weighted by Crippen LogP contribution is -2.41. The van der Waals surface area contributed by atoms with Gasteiger partial charge in [0.15, 0.2) is 0 Å². The molecule has 3 rings (SSSR count). The fourth-order valence-corrected chi connectivity index (χ4v) is 3.06. The number of hydrogen-bond donors (Lipinski definition) is 2. The van der Waals surface area contributed by atoms with Crippen molar-refractivity contribution in [2.24, 2.45) is 5.92 Å². The Bertz CT molecular complexity index is 717. The van der Waals surface area contributed by atoms with Gasteiger partial charge in [-0.1, -0.05) is 17.7 Å². The zero-order chi connectivity index (χ0) is 17.1. The van der Waals surface area contributed by atoms with Gasteiger partial charge in [0.2, 0.25) is 5.88 Å². The maximum atomic E-state index is 12.6. The third-order valence-electron chi connectivity index (χ3n) is 4.25. The predicted molar refractivity (Wildman–Crippen MR) is 89.0 cm³/mol. The molecule has 7 heteroatoms. The molecule has 0 aromatic carbocycles. The second-order valence-corrected chi connectivity index (χ2v) is 6.23. The molecular formula is C17H18ClN3O3. The number of aliphatic hydroxyl groups is 1. The molecule has 6 nitrogen and oxygen atoms in total. The number of halogens is 1. The monoisotopic (exact) mass is 347 g/mol. The van der Waals surface area contributed by atoms with Crippen LogP contribution in [-0.2, 0) is 0 Å². The third kappa shape index (κ3) is 3.49. The predicted octanol–water partition coefficient (Wildman–Crippen LogP) is 2.38. The van der Waals surface area contributed by atoms with Crippen LogP contribution in [0.3, 0.4) is 0 Å². The number of carbonyl (C=O) groups is 1. The molecule has 1 fully saturated rings. The van der Waals surface area contributed by atoms with Crippen LogP contribution in [0.1, 0.15) is 34.8 Å². The van der Waals surface area contributed by atoms with Crippen molar-refractivity contribution in [1.82, 2.24) is 15.3 Å². The van der Waals surface area contributed by atoms with Gasteiger partial charge in [0.05, 0.1) is 29.8 Å². The number of rotatable bonds is 5. The Morgan fingerprint density at radius 2 is 2.17 bits per heavy atom. The van der Waals surface area contributed by atoms with Crippen LogP contribution in [-0.4, -0.2) is 34.2 Å². The van der Waals surface area contributed by atoms with E-state index in [9.17, 15) is 9.90 Å². The van der Waals surface area contributed by atoms with Crippen molar-refractivity contribution >= 4 is 17.5 Å². The van der Waals surface area contributed by atoms with Crippen molar-refractivity contribution in [3.05, 3.63) is 52.9 Å². The molecule has 0 radical (unpaired) electrons. The van der Waals surface area contributed by atoms with Crippen molar-refractivity contribution in [1.29, 1.82) is 0 Å². The molecule has 1 unspecified atom stereocenters. The maximum Gasteiger partial charge on any atom is 0.253 e. The second-order valence-electron chi connectivity index (χ2n) is 5.83. The van der Waals surface area contributed by atoms with E-state index in [1.807, 2.05) is 6.07 Å². The summed E-state index contributed by atoms with van der Waals surface area (Å²) in [7, 11) is 1.55. The Kier molecular flexibility index (Phi) is 4.97. The molecule has 2 aromatic heterocycles. The Balaban J connectivity index is 1.82. The summed E-state index contributed by atoms with van der Waals surface area (Å²) in [4.78, 5) is 20.7. The van der Waals surface area contributed by atoms with Crippen molar-refractivity contribution in [3.8, 4) is 5.88 Å². The van der Waals surface area contributed by atoms with Crippen molar-refractivity contribution in [2.75, 3.05) is 7.11 Å². The molecule has 1 aliphatic carbocycles. The van der Waals surface area contributed by atoms with Gasteiger partial charge >= 0.3 is 0 Å². The second kappa shape index (κ2) is 7.15. The molecule has 24 heavy (non-hydrogen) atoms. The zero-order valence-corrected chi connectivity index (χ0v) is 13.9. The van der Waals surface area contributed by atoms with Gasteiger partial charge in [0.1, 0.15) is 0 Å². The molecule has 0 saturated heterocycles. The Hall–Kier alpha value is -2.18. The lowest BCUT2D eigenvalue weighted by molar-refractivity contribution is 0.0234. The minimum absolute atomic E-state index is 0.153. The maximum absolute atomic E-state index is 12.6. The van der Waals surface area contributed by atoms with E-state index in [4.69, 9.17) is 16.3 Å². The van der Waals surface area contributed by atoms with Gasteiger partial charge in [-0.05, 0) is 30.4 Å². The van der Waals surface area contributed by atoms with Crippen LogP contribution >= 0.6 is 11.6 Å². The molecule has 1 aliphatic rings. The number of pyridine rings is 2. The van der Waals surface area contributed by atoms with Crippen LogP contribution in [0.2, 0.25) is 5.02 Å². The average molecular weight is 348 g/mol. The molecule has 2 N–H and O–H groups in total. The SMILES string of the molecule is COc1ccc(C(NC(=O)c2ccncc2Cl)C2CC(O)C2)cn1. The molecule has 126 valence electrons. The summed E-state index contributed by atoms with van der Waals surface area (Å²) in [6, 6.07) is 4.96. The van der Waals surface area contributed by atoms with Gasteiger partial charge < -0.3 is 15.2 Å². The normalized spacial score (nSPS) is 20.8. The van der Waals surface area contributed by atoms with E-state index in [2.05, 4.69) is 15.3 Å². The number of amides is 1. The quantitative estimate of drug-likeness (QED) is 0.867. The van der Waals surface area contributed by atoms with Crippen LogP contribution < -0.4 is 10.1 Å². The fraction of sp³-hybridized carbons (Fsp3) is 0.353. The number of aliphatic hydroxyl groups excluding tert-OH is 1. The fourth-order valence-electron chi connectivity index (χ4n) is 2.85. The van der Waals surface area contributed by atoms with Crippen LogP contribution in [0, 0.1) is 5.92 Å². The van der Waals surface area contributed by atoms with E-state index in [1.165, 1.54) is 12.4 Å². The number of hydrogen-bond acceptors (Lipinski definition) is 5. The lowest BCUT2D eigenvalue weighted by atomic mass is 9.75. The molecule has 2 heterocycles. The lowest BCUT2D eigenvalue weighted by Gasteiger charge is -2.38. The standard InChI is InChI=1S/C17H18ClN3O3/c1-24-15-3-2-10(8-20-15)16(11-6-12(22)7-11)21-17(23)13-4-5-19-9-14(13)18/h2-5,8-9,11-12,16,22H,6-7H2,1H3,(H,21,23). The zero-order valence-electron chi connectivity index (χ0n) is 13.1. The van der Waals surface area contributed by atoms with Gasteiger partial charge in [0, 0.05) is 24.7 Å². The van der Waals surface area contributed by atoms with E-state index in [-0.39, 0.29) is 24.0 Å². The largest absolute Gasteiger partial charge is 0.481 e. The average Bonchev–Trinajstić information content (AvgIpc) is 2.57. The number of methoxy groups -OCH3 is 1. The minimum atomic E-state index is -0.315. The van der Waals surface area contributed by atoms with E-state index >= 15 is 0 Å². The van der Waals surface area contributed by atoms with Gasteiger partial charge in [-0.3, -0.25) is 9.78 Å². The van der Waals surface area contributed by atoms with Crippen molar-refractivity contribution < 1.29 is 14.6 Å². The molecule has 0 spiro atoms. The van der Waals surface area contributed by atoms with Crippen LogP contribution in [0.5, 0.6) is 5.88 Å². The van der Waals surface area contributed by atoms with E-state index in [0.717, 1.165) is 5.56 Å². The first-order chi connectivity index (χ1) is 11.6. The van der Waals surface area contributed by atoms with E-state index < -0.39 is 0 Å². The highest BCUT2D eigenvalue weighted by Gasteiger charge is 2.36. The first-order valence-electron chi connectivity index (χ1n) is 7.67. The summed E-state index contributed by atoms with van der Waals surface area (Å²) in [5.41, 5.74) is 1.24. The first-order valence-corrected chi connectivity index (χ1v) is 8.04. The van der Waals surface area contributed by atoms with Crippen molar-refractivity contribution in [2.45, 2.75) is 25.0 Å². The van der Waals surface area contributed by atoms with Gasteiger partial charge in [-0.25, -0.2) is 4.98 Å². The van der Waals surface area contributed by atoms with Gasteiger partial charge in [0.25, 0.3) is 5.91 Å². The summed E-state index contributed by atoms with van der Waals surface area (Å²) in [5.74, 6) is 0.388. The summed E-state index contributed by atoms with van der Waals surface area (Å²) in [6.07, 6.45) is 5.61. The molecular weight excluding hydrogens is 330 g/mol. The molecule has 1 amide bonds. The van der Waals surface area contributed by atoms with E-state index in [1.54, 1.807) is 25.4 Å². The molecule has 0 bridgehead atoms. The smallest absolute Gasteiger partial charge is 0.253 e. The summed E-state index contributed by atoms with van der Waals surface area (Å²) in [5, 5.41) is 12.9. The van der Waals surface area contributed by atoms with Crippen LogP contribution in [0.15, 0.2) is 36.8 Å². The molecule has 0 aliphatic heterocycles. The number of nitrogens with zero attached hydrogens (tertiary/aromatic N) is 2. The Morgan fingerprint density at radius 3 is 2.75 bits per heavy atom. The highest BCUT2D eigenvalue weighted by atomic mass is 35.5. The molecule has 1 saturated carbocycles. The first kappa shape index (κ1) is 16.7. The third-order valence-corrected chi connectivity index (χ3v) is 4.55. The number of ether oxygens (including phenoxy) is 1. The highest BCUT2D eigenvalue weighted by molar-refractivity contribution is 6.33. The molecule has 1 atom stereocenters. The number of aromatic nitrogens is 2. The van der Waals surface area contributed by atoms with Crippen LogP contribution in [0.4, 0.5) is 0 Å². The highest BCUT2D eigenvalue weighted by Crippen LogP contribution is 2.38. The molecule has 2 aromatic rings. The minimum Gasteiger partial charge on any atom is -0.481 e. The van der Waals surface area contributed by atoms with Gasteiger partial charge in [-0.15, -0.1) is 0 Å². The Labute approximate surface area is 144 Å². The van der Waals surface area contributed by atoms with Gasteiger partial charge in [-0.2, -0.15) is 0 Å². The topological polar surface area (TPSA) is 84.3 Å². The summed E-state index contributed by atoms with van der Waals surface area (Å²) >= 11 is 6.05.